The number of guanidine groups is 1. The van der Waals surface area contributed by atoms with Crippen LogP contribution in [0.2, 0.25) is 0 Å². The van der Waals surface area contributed by atoms with Crippen LogP contribution in [0.15, 0.2) is 29.3 Å². The number of nitrogens with two attached hydrogens (primary N) is 1. The van der Waals surface area contributed by atoms with E-state index in [1.807, 2.05) is 24.3 Å². The summed E-state index contributed by atoms with van der Waals surface area (Å²) in [5, 5.41) is 3.29. The van der Waals surface area contributed by atoms with E-state index in [1.165, 1.54) is 32.1 Å². The fourth-order valence-electron chi connectivity index (χ4n) is 2.50. The molecule has 0 aliphatic heterocycles. The largest absolute Gasteiger partial charge is 0.497 e. The molecule has 0 saturated heterocycles. The second-order valence-electron chi connectivity index (χ2n) is 5.27. The van der Waals surface area contributed by atoms with Gasteiger partial charge in [0.25, 0.3) is 0 Å². The molecule has 0 atom stereocenters. The lowest BCUT2D eigenvalue weighted by Crippen LogP contribution is -2.41. The minimum absolute atomic E-state index is 0. The molecule has 124 valence electrons. The predicted molar refractivity (Wildman–Crippen MR) is 100 cm³/mol. The molecule has 1 fully saturated rings. The van der Waals surface area contributed by atoms with Crippen LogP contribution < -0.4 is 20.5 Å². The van der Waals surface area contributed by atoms with Gasteiger partial charge in [-0.05, 0) is 37.1 Å². The Hall–Kier alpha value is -1.18. The average molecular weight is 419 g/mol. The van der Waals surface area contributed by atoms with Crippen LogP contribution in [0.1, 0.15) is 32.1 Å². The molecule has 2 rings (SSSR count). The van der Waals surface area contributed by atoms with Crippen LogP contribution >= 0.6 is 24.0 Å². The fraction of sp³-hybridized carbons (Fsp3) is 0.562. The van der Waals surface area contributed by atoms with E-state index in [1.54, 1.807) is 7.11 Å². The van der Waals surface area contributed by atoms with Crippen molar-refractivity contribution in [1.82, 2.24) is 5.32 Å². The first-order valence-electron chi connectivity index (χ1n) is 7.61. The van der Waals surface area contributed by atoms with Gasteiger partial charge in [0.05, 0.1) is 13.7 Å². The lowest BCUT2D eigenvalue weighted by atomic mass is 9.96. The monoisotopic (exact) mass is 419 g/mol. The number of ether oxygens (including phenoxy) is 2. The Morgan fingerprint density at radius 2 is 1.82 bits per heavy atom. The Morgan fingerprint density at radius 1 is 1.18 bits per heavy atom. The lowest BCUT2D eigenvalue weighted by molar-refractivity contribution is 0.327. The number of nitrogens with zero attached hydrogens (tertiary/aromatic N) is 1. The molecule has 1 saturated carbocycles. The molecule has 5 nitrogen and oxygen atoms in total. The van der Waals surface area contributed by atoms with Crippen LogP contribution in [0.5, 0.6) is 11.5 Å². The first kappa shape index (κ1) is 18.9. The Morgan fingerprint density at radius 3 is 2.45 bits per heavy atom. The van der Waals surface area contributed by atoms with Crippen molar-refractivity contribution in [2.75, 3.05) is 20.3 Å². The predicted octanol–water partition coefficient (Wildman–Crippen LogP) is 2.93. The van der Waals surface area contributed by atoms with Crippen molar-refractivity contribution in [2.24, 2.45) is 10.7 Å². The summed E-state index contributed by atoms with van der Waals surface area (Å²) in [4.78, 5) is 4.30. The van der Waals surface area contributed by atoms with Gasteiger partial charge in [-0.15, -0.1) is 24.0 Å². The summed E-state index contributed by atoms with van der Waals surface area (Å²) in [6, 6.07) is 8.00. The maximum absolute atomic E-state index is 5.89. The first-order valence-corrected chi connectivity index (χ1v) is 7.61. The number of aliphatic imine (C=N–C) groups is 1. The molecule has 1 aromatic carbocycles. The summed E-state index contributed by atoms with van der Waals surface area (Å²) in [5.74, 6) is 2.16. The van der Waals surface area contributed by atoms with E-state index in [2.05, 4.69) is 10.3 Å². The maximum atomic E-state index is 5.89. The van der Waals surface area contributed by atoms with Crippen LogP contribution in [0.3, 0.4) is 0 Å². The molecule has 0 spiro atoms. The standard InChI is InChI=1S/C16H25N3O2.HI/c1-20-14-7-9-15(10-8-14)21-12-11-18-16(17)19-13-5-3-2-4-6-13;/h7-10,13H,2-6,11-12H2,1H3,(H3,17,18,19);1H. The number of rotatable bonds is 6. The van der Waals surface area contributed by atoms with Crippen LogP contribution in [0.4, 0.5) is 0 Å². The molecule has 0 aromatic heterocycles. The van der Waals surface area contributed by atoms with Crippen molar-refractivity contribution in [2.45, 2.75) is 38.1 Å². The van der Waals surface area contributed by atoms with E-state index in [-0.39, 0.29) is 24.0 Å². The third-order valence-corrected chi connectivity index (χ3v) is 3.66. The summed E-state index contributed by atoms with van der Waals surface area (Å²) >= 11 is 0. The van der Waals surface area contributed by atoms with Crippen LogP contribution in [0.25, 0.3) is 0 Å². The molecule has 0 amide bonds. The second-order valence-corrected chi connectivity index (χ2v) is 5.27. The van der Waals surface area contributed by atoms with Crippen molar-refractivity contribution in [3.8, 4) is 11.5 Å². The van der Waals surface area contributed by atoms with Gasteiger partial charge >= 0.3 is 0 Å². The summed E-state index contributed by atoms with van der Waals surface area (Å²) in [6.07, 6.45) is 6.29. The molecule has 6 heteroatoms. The number of nitrogens with one attached hydrogen (secondary N) is 1. The van der Waals surface area contributed by atoms with Crippen molar-refractivity contribution >= 4 is 29.9 Å². The molecule has 1 aliphatic carbocycles. The van der Waals surface area contributed by atoms with Gasteiger partial charge in [0, 0.05) is 6.04 Å². The Labute approximate surface area is 149 Å². The average Bonchev–Trinajstić information content (AvgIpc) is 2.53. The topological polar surface area (TPSA) is 68.9 Å². The van der Waals surface area contributed by atoms with Gasteiger partial charge < -0.3 is 20.5 Å². The first-order chi connectivity index (χ1) is 10.3. The third kappa shape index (κ3) is 6.72. The normalized spacial score (nSPS) is 15.8. The van der Waals surface area contributed by atoms with E-state index < -0.39 is 0 Å². The van der Waals surface area contributed by atoms with Crippen LogP contribution in [-0.2, 0) is 0 Å². The highest BCUT2D eigenvalue weighted by molar-refractivity contribution is 14.0. The zero-order chi connectivity index (χ0) is 14.9. The highest BCUT2D eigenvalue weighted by Crippen LogP contribution is 2.17. The minimum atomic E-state index is 0. The number of hydrogen-bond acceptors (Lipinski definition) is 3. The molecule has 1 aliphatic rings. The number of hydrogen-bond donors (Lipinski definition) is 2. The minimum Gasteiger partial charge on any atom is -0.497 e. The third-order valence-electron chi connectivity index (χ3n) is 3.66. The molecule has 0 unspecified atom stereocenters. The van der Waals surface area contributed by atoms with Gasteiger partial charge in [0.1, 0.15) is 18.1 Å². The molecule has 3 N–H and O–H groups in total. The summed E-state index contributed by atoms with van der Waals surface area (Å²) in [6.45, 7) is 1.07. The van der Waals surface area contributed by atoms with Crippen molar-refractivity contribution in [3.63, 3.8) is 0 Å². The summed E-state index contributed by atoms with van der Waals surface area (Å²) in [5.41, 5.74) is 5.89. The molecule has 0 bridgehead atoms. The van der Waals surface area contributed by atoms with E-state index >= 15 is 0 Å². The van der Waals surface area contributed by atoms with E-state index in [0.717, 1.165) is 11.5 Å². The highest BCUT2D eigenvalue weighted by atomic mass is 127. The molecular formula is C16H26IN3O2. The highest BCUT2D eigenvalue weighted by Gasteiger charge is 2.12. The van der Waals surface area contributed by atoms with E-state index in [0.29, 0.717) is 25.2 Å². The Balaban J connectivity index is 0.00000242. The van der Waals surface area contributed by atoms with Gasteiger partial charge in [-0.1, -0.05) is 19.3 Å². The number of halogens is 1. The van der Waals surface area contributed by atoms with Gasteiger partial charge in [0.2, 0.25) is 0 Å². The molecule has 22 heavy (non-hydrogen) atoms. The molecule has 1 aromatic rings. The Kier molecular flexibility index (Phi) is 9.03. The van der Waals surface area contributed by atoms with Crippen LogP contribution in [0, 0.1) is 0 Å². The smallest absolute Gasteiger partial charge is 0.188 e. The lowest BCUT2D eigenvalue weighted by Gasteiger charge is -2.23. The number of methoxy groups -OCH3 is 1. The molecular weight excluding hydrogens is 393 g/mol. The van der Waals surface area contributed by atoms with Crippen molar-refractivity contribution in [3.05, 3.63) is 24.3 Å². The SMILES string of the molecule is COc1ccc(OCCN=C(N)NC2CCCCC2)cc1.I. The second kappa shape index (κ2) is 10.5. The van der Waals surface area contributed by atoms with Gasteiger partial charge in [-0.3, -0.25) is 0 Å². The molecule has 0 heterocycles. The summed E-state index contributed by atoms with van der Waals surface area (Å²) in [7, 11) is 1.65. The number of benzene rings is 1. The van der Waals surface area contributed by atoms with Crippen molar-refractivity contribution < 1.29 is 9.47 Å². The quantitative estimate of drug-likeness (QED) is 0.322. The maximum Gasteiger partial charge on any atom is 0.188 e. The van der Waals surface area contributed by atoms with E-state index in [4.69, 9.17) is 15.2 Å². The summed E-state index contributed by atoms with van der Waals surface area (Å²) < 4.78 is 10.7. The van der Waals surface area contributed by atoms with Crippen LogP contribution in [-0.4, -0.2) is 32.3 Å². The van der Waals surface area contributed by atoms with E-state index in [9.17, 15) is 0 Å². The molecule has 0 radical (unpaired) electrons. The van der Waals surface area contributed by atoms with Gasteiger partial charge in [-0.25, -0.2) is 4.99 Å². The van der Waals surface area contributed by atoms with Crippen molar-refractivity contribution in [1.29, 1.82) is 0 Å². The van der Waals surface area contributed by atoms with Gasteiger partial charge in [0.15, 0.2) is 5.96 Å². The Bertz CT molecular complexity index is 445. The zero-order valence-corrected chi connectivity index (χ0v) is 15.4. The fourth-order valence-corrected chi connectivity index (χ4v) is 2.50. The van der Waals surface area contributed by atoms with Gasteiger partial charge in [-0.2, -0.15) is 0 Å². The zero-order valence-electron chi connectivity index (χ0n) is 13.1.